The van der Waals surface area contributed by atoms with E-state index >= 15 is 0 Å². The van der Waals surface area contributed by atoms with Gasteiger partial charge >= 0.3 is 0 Å². The number of thiocarbonyl (C=S) groups is 1. The van der Waals surface area contributed by atoms with E-state index in [1.165, 1.54) is 0 Å². The molecule has 1 unspecified atom stereocenters. The highest BCUT2D eigenvalue weighted by molar-refractivity contribution is 7.80. The number of hydrogen-bond donors (Lipinski definition) is 2. The Labute approximate surface area is 69.9 Å². The highest BCUT2D eigenvalue weighted by atomic mass is 32.1. The molecular formula is C6H12F2N2S. The molecule has 1 atom stereocenters. The average Bonchev–Trinajstić information content (AvgIpc) is 1.87. The summed E-state index contributed by atoms with van der Waals surface area (Å²) < 4.78 is 24.5. The highest BCUT2D eigenvalue weighted by Crippen LogP contribution is 2.18. The Morgan fingerprint density at radius 3 is 2.18 bits per heavy atom. The summed E-state index contributed by atoms with van der Waals surface area (Å²) in [5.41, 5.74) is 8.59. The van der Waals surface area contributed by atoms with Crippen molar-refractivity contribution in [2.45, 2.75) is 31.7 Å². The van der Waals surface area contributed by atoms with Crippen molar-refractivity contribution >= 4 is 17.2 Å². The lowest BCUT2D eigenvalue weighted by Crippen LogP contribution is -2.56. The lowest BCUT2D eigenvalue weighted by Gasteiger charge is -2.26. The molecule has 0 fully saturated rings. The standard InChI is InChI=1S/C6H12F2N2S/c1-2-3-6(10,4(7)8)5(9)11/h4H,2-3,10H2,1H3,(H2,9,11). The summed E-state index contributed by atoms with van der Waals surface area (Å²) in [6, 6.07) is 0. The number of hydrogen-bond acceptors (Lipinski definition) is 2. The van der Waals surface area contributed by atoms with Crippen molar-refractivity contribution in [3.63, 3.8) is 0 Å². The zero-order valence-electron chi connectivity index (χ0n) is 6.31. The van der Waals surface area contributed by atoms with E-state index in [9.17, 15) is 8.78 Å². The smallest absolute Gasteiger partial charge is 0.262 e. The van der Waals surface area contributed by atoms with Gasteiger partial charge in [0.1, 0.15) is 5.54 Å². The van der Waals surface area contributed by atoms with Crippen molar-refractivity contribution in [3.05, 3.63) is 0 Å². The molecule has 0 aromatic heterocycles. The lowest BCUT2D eigenvalue weighted by molar-refractivity contribution is 0.0849. The third-order valence-corrected chi connectivity index (χ3v) is 1.89. The van der Waals surface area contributed by atoms with Gasteiger partial charge in [-0.1, -0.05) is 25.6 Å². The minimum Gasteiger partial charge on any atom is -0.392 e. The van der Waals surface area contributed by atoms with Crippen LogP contribution in [0.3, 0.4) is 0 Å². The third kappa shape index (κ3) is 2.34. The Morgan fingerprint density at radius 2 is 2.09 bits per heavy atom. The van der Waals surface area contributed by atoms with Crippen molar-refractivity contribution < 1.29 is 8.78 Å². The third-order valence-electron chi connectivity index (χ3n) is 1.51. The summed E-state index contributed by atoms with van der Waals surface area (Å²) in [4.78, 5) is -0.311. The molecule has 11 heavy (non-hydrogen) atoms. The van der Waals surface area contributed by atoms with Gasteiger partial charge in [-0.15, -0.1) is 0 Å². The van der Waals surface area contributed by atoms with Gasteiger partial charge in [0.05, 0.1) is 4.99 Å². The Kier molecular flexibility index (Phi) is 3.82. The quantitative estimate of drug-likeness (QED) is 0.638. The molecule has 0 spiro atoms. The number of halogens is 2. The predicted octanol–water partition coefficient (Wildman–Crippen LogP) is 1.04. The van der Waals surface area contributed by atoms with Gasteiger partial charge in [-0.05, 0) is 6.42 Å². The fourth-order valence-corrected chi connectivity index (χ4v) is 0.945. The first-order chi connectivity index (χ1) is 4.95. The van der Waals surface area contributed by atoms with Crippen LogP contribution in [-0.4, -0.2) is 17.0 Å². The van der Waals surface area contributed by atoms with Crippen molar-refractivity contribution in [2.24, 2.45) is 11.5 Å². The molecule has 0 rings (SSSR count). The first-order valence-corrected chi connectivity index (χ1v) is 3.73. The first-order valence-electron chi connectivity index (χ1n) is 3.32. The maximum absolute atomic E-state index is 12.2. The van der Waals surface area contributed by atoms with Crippen LogP contribution in [0, 0.1) is 0 Å². The Bertz CT molecular complexity index is 152. The van der Waals surface area contributed by atoms with E-state index in [-0.39, 0.29) is 11.4 Å². The SMILES string of the molecule is CCCC(N)(C(N)=S)C(F)F. The fraction of sp³-hybridized carbons (Fsp3) is 0.833. The van der Waals surface area contributed by atoms with E-state index in [1.807, 2.05) is 0 Å². The number of nitrogens with two attached hydrogens (primary N) is 2. The zero-order chi connectivity index (χ0) is 9.07. The molecule has 2 nitrogen and oxygen atoms in total. The molecule has 0 saturated heterocycles. The van der Waals surface area contributed by atoms with Gasteiger partial charge in [0.25, 0.3) is 6.43 Å². The summed E-state index contributed by atoms with van der Waals surface area (Å²) in [6.45, 7) is 1.75. The summed E-state index contributed by atoms with van der Waals surface area (Å²) in [7, 11) is 0. The molecule has 0 heterocycles. The van der Waals surface area contributed by atoms with Crippen molar-refractivity contribution in [2.75, 3.05) is 0 Å². The number of rotatable bonds is 4. The van der Waals surface area contributed by atoms with Gasteiger partial charge in [0.2, 0.25) is 0 Å². The summed E-state index contributed by atoms with van der Waals surface area (Å²) in [5.74, 6) is 0. The van der Waals surface area contributed by atoms with Crippen LogP contribution >= 0.6 is 12.2 Å². The Balaban J connectivity index is 4.38. The van der Waals surface area contributed by atoms with Crippen LogP contribution in [0.15, 0.2) is 0 Å². The summed E-state index contributed by atoms with van der Waals surface area (Å²) in [6.07, 6.45) is -2.02. The Morgan fingerprint density at radius 1 is 1.64 bits per heavy atom. The van der Waals surface area contributed by atoms with Gasteiger partial charge in [-0.25, -0.2) is 8.78 Å². The van der Waals surface area contributed by atoms with Gasteiger partial charge in [-0.3, -0.25) is 0 Å². The maximum Gasteiger partial charge on any atom is 0.262 e. The normalized spacial score (nSPS) is 16.5. The predicted molar refractivity (Wildman–Crippen MR) is 44.6 cm³/mol. The molecule has 0 aliphatic heterocycles. The largest absolute Gasteiger partial charge is 0.392 e. The van der Waals surface area contributed by atoms with E-state index in [0.29, 0.717) is 6.42 Å². The molecular weight excluding hydrogens is 170 g/mol. The van der Waals surface area contributed by atoms with E-state index < -0.39 is 12.0 Å². The molecule has 4 N–H and O–H groups in total. The van der Waals surface area contributed by atoms with E-state index in [4.69, 9.17) is 11.5 Å². The van der Waals surface area contributed by atoms with Crippen LogP contribution in [0.4, 0.5) is 8.78 Å². The highest BCUT2D eigenvalue weighted by Gasteiger charge is 2.37. The molecule has 66 valence electrons. The van der Waals surface area contributed by atoms with Gasteiger partial charge in [-0.2, -0.15) is 0 Å². The summed E-state index contributed by atoms with van der Waals surface area (Å²) in [5, 5.41) is 0. The number of alkyl halides is 2. The Hall–Kier alpha value is -0.290. The minimum atomic E-state index is -2.68. The molecule has 0 radical (unpaired) electrons. The van der Waals surface area contributed by atoms with Gasteiger partial charge in [0, 0.05) is 0 Å². The fourth-order valence-electron chi connectivity index (χ4n) is 0.754. The molecule has 0 saturated carbocycles. The average molecular weight is 182 g/mol. The van der Waals surface area contributed by atoms with Crippen LogP contribution < -0.4 is 11.5 Å². The second kappa shape index (κ2) is 3.92. The molecule has 0 aromatic rings. The van der Waals surface area contributed by atoms with Crippen LogP contribution in [-0.2, 0) is 0 Å². The molecule has 0 aliphatic rings. The van der Waals surface area contributed by atoms with Crippen LogP contribution in [0.1, 0.15) is 19.8 Å². The molecule has 5 heteroatoms. The lowest BCUT2D eigenvalue weighted by atomic mass is 9.96. The van der Waals surface area contributed by atoms with E-state index in [2.05, 4.69) is 12.2 Å². The minimum absolute atomic E-state index is 0.125. The van der Waals surface area contributed by atoms with Gasteiger partial charge < -0.3 is 11.5 Å². The molecule has 0 bridgehead atoms. The first kappa shape index (κ1) is 10.7. The van der Waals surface area contributed by atoms with Crippen LogP contribution in [0.25, 0.3) is 0 Å². The van der Waals surface area contributed by atoms with E-state index in [0.717, 1.165) is 0 Å². The zero-order valence-corrected chi connectivity index (χ0v) is 7.13. The molecule has 0 amide bonds. The van der Waals surface area contributed by atoms with Crippen molar-refractivity contribution in [1.29, 1.82) is 0 Å². The van der Waals surface area contributed by atoms with Crippen LogP contribution in [0.2, 0.25) is 0 Å². The van der Waals surface area contributed by atoms with Gasteiger partial charge in [0.15, 0.2) is 0 Å². The second-order valence-corrected chi connectivity index (χ2v) is 2.90. The van der Waals surface area contributed by atoms with Crippen molar-refractivity contribution in [3.8, 4) is 0 Å². The molecule has 0 aromatic carbocycles. The maximum atomic E-state index is 12.2. The monoisotopic (exact) mass is 182 g/mol. The van der Waals surface area contributed by atoms with Crippen LogP contribution in [0.5, 0.6) is 0 Å². The van der Waals surface area contributed by atoms with Crippen molar-refractivity contribution in [1.82, 2.24) is 0 Å². The second-order valence-electron chi connectivity index (χ2n) is 2.46. The summed E-state index contributed by atoms with van der Waals surface area (Å²) >= 11 is 4.44. The topological polar surface area (TPSA) is 52.0 Å². The van der Waals surface area contributed by atoms with E-state index in [1.54, 1.807) is 6.92 Å². The molecule has 0 aliphatic carbocycles.